The Morgan fingerprint density at radius 3 is 2.77 bits per heavy atom. The zero-order valence-corrected chi connectivity index (χ0v) is 7.23. The van der Waals surface area contributed by atoms with Gasteiger partial charge in [0.25, 0.3) is 0 Å². The van der Waals surface area contributed by atoms with Gasteiger partial charge in [-0.2, -0.15) is 0 Å². The molecular formula is C12H10O. The second-order valence-corrected chi connectivity index (χ2v) is 3.06. The molecule has 0 saturated heterocycles. The van der Waals surface area contributed by atoms with E-state index in [4.69, 9.17) is 0 Å². The summed E-state index contributed by atoms with van der Waals surface area (Å²) in [5, 5.41) is 0. The van der Waals surface area contributed by atoms with E-state index in [0.717, 1.165) is 11.1 Å². The van der Waals surface area contributed by atoms with E-state index >= 15 is 0 Å². The number of allylic oxidation sites excluding steroid dienone is 10. The summed E-state index contributed by atoms with van der Waals surface area (Å²) >= 11 is 0. The van der Waals surface area contributed by atoms with Crippen molar-refractivity contribution in [3.05, 3.63) is 59.8 Å². The fraction of sp³-hybridized carbons (Fsp3) is 0.0833. The van der Waals surface area contributed by atoms with Gasteiger partial charge in [0.2, 0.25) is 0 Å². The third-order valence-corrected chi connectivity index (χ3v) is 2.09. The van der Waals surface area contributed by atoms with Gasteiger partial charge >= 0.3 is 0 Å². The van der Waals surface area contributed by atoms with Gasteiger partial charge in [-0.15, -0.1) is 0 Å². The molecule has 1 heteroatoms. The Morgan fingerprint density at radius 1 is 0.923 bits per heavy atom. The Hall–Kier alpha value is -1.63. The first kappa shape index (κ1) is 7.99. The van der Waals surface area contributed by atoms with Gasteiger partial charge in [-0.3, -0.25) is 4.79 Å². The minimum absolute atomic E-state index is 0.168. The lowest BCUT2D eigenvalue weighted by Gasteiger charge is -2.01. The molecule has 0 heterocycles. The van der Waals surface area contributed by atoms with Gasteiger partial charge in [-0.05, 0) is 17.2 Å². The van der Waals surface area contributed by atoms with Gasteiger partial charge in [-0.1, -0.05) is 42.5 Å². The molecule has 2 aliphatic rings. The highest BCUT2D eigenvalue weighted by atomic mass is 16.1. The highest BCUT2D eigenvalue weighted by Crippen LogP contribution is 2.21. The fourth-order valence-electron chi connectivity index (χ4n) is 1.43. The third-order valence-electron chi connectivity index (χ3n) is 2.09. The fourth-order valence-corrected chi connectivity index (χ4v) is 1.43. The minimum atomic E-state index is 0.168. The molecule has 0 aliphatic heterocycles. The summed E-state index contributed by atoms with van der Waals surface area (Å²) < 4.78 is 0. The summed E-state index contributed by atoms with van der Waals surface area (Å²) in [6, 6.07) is 0. The van der Waals surface area contributed by atoms with Gasteiger partial charge in [0.05, 0.1) is 0 Å². The zero-order valence-electron chi connectivity index (χ0n) is 7.23. The van der Waals surface area contributed by atoms with Crippen molar-refractivity contribution in [1.82, 2.24) is 0 Å². The number of carbonyl (C=O) groups is 1. The second kappa shape index (κ2) is 3.40. The van der Waals surface area contributed by atoms with E-state index in [0.29, 0.717) is 6.42 Å². The zero-order chi connectivity index (χ0) is 9.10. The summed E-state index contributed by atoms with van der Waals surface area (Å²) in [6.45, 7) is 0. The van der Waals surface area contributed by atoms with Crippen LogP contribution < -0.4 is 0 Å². The Bertz CT molecular complexity index is 376. The maximum absolute atomic E-state index is 11.2. The highest BCUT2D eigenvalue weighted by Gasteiger charge is 2.08. The summed E-state index contributed by atoms with van der Waals surface area (Å²) in [5.74, 6) is 0.168. The minimum Gasteiger partial charge on any atom is -0.294 e. The molecule has 0 N–H and O–H groups in total. The highest BCUT2D eigenvalue weighted by molar-refractivity contribution is 5.93. The van der Waals surface area contributed by atoms with Crippen molar-refractivity contribution >= 4 is 5.78 Å². The predicted molar refractivity (Wildman–Crippen MR) is 53.2 cm³/mol. The van der Waals surface area contributed by atoms with Crippen LogP contribution in [0.4, 0.5) is 0 Å². The number of hydrogen-bond donors (Lipinski definition) is 0. The predicted octanol–water partition coefficient (Wildman–Crippen LogP) is 2.49. The lowest BCUT2D eigenvalue weighted by molar-refractivity contribution is -0.113. The Morgan fingerprint density at radius 2 is 1.85 bits per heavy atom. The van der Waals surface area contributed by atoms with E-state index in [2.05, 4.69) is 0 Å². The van der Waals surface area contributed by atoms with E-state index < -0.39 is 0 Å². The van der Waals surface area contributed by atoms with Crippen LogP contribution in [-0.4, -0.2) is 5.78 Å². The van der Waals surface area contributed by atoms with E-state index in [1.54, 1.807) is 6.08 Å². The quantitative estimate of drug-likeness (QED) is 0.546. The molecule has 0 fully saturated rings. The molecule has 0 spiro atoms. The molecule has 64 valence electrons. The Kier molecular flexibility index (Phi) is 2.09. The number of carbonyl (C=O) groups excluding carboxylic acids is 1. The molecule has 0 radical (unpaired) electrons. The van der Waals surface area contributed by atoms with Crippen molar-refractivity contribution in [2.45, 2.75) is 6.42 Å². The Balaban J connectivity index is 2.42. The smallest absolute Gasteiger partial charge is 0.160 e. The van der Waals surface area contributed by atoms with Gasteiger partial charge in [-0.25, -0.2) is 0 Å². The van der Waals surface area contributed by atoms with Crippen LogP contribution in [0.5, 0.6) is 0 Å². The van der Waals surface area contributed by atoms with Crippen molar-refractivity contribution in [1.29, 1.82) is 0 Å². The van der Waals surface area contributed by atoms with Crippen LogP contribution in [0.1, 0.15) is 6.42 Å². The van der Waals surface area contributed by atoms with Crippen LogP contribution in [0, 0.1) is 0 Å². The maximum atomic E-state index is 11.2. The van der Waals surface area contributed by atoms with Crippen LogP contribution in [0.25, 0.3) is 0 Å². The maximum Gasteiger partial charge on any atom is 0.160 e. The molecule has 0 amide bonds. The summed E-state index contributed by atoms with van der Waals surface area (Å²) in [5.41, 5.74) is 2.23. The van der Waals surface area contributed by atoms with Gasteiger partial charge in [0.15, 0.2) is 5.78 Å². The molecule has 0 aromatic heterocycles. The molecule has 2 rings (SSSR count). The van der Waals surface area contributed by atoms with E-state index in [-0.39, 0.29) is 5.78 Å². The Labute approximate surface area is 77.5 Å². The molecule has 2 aliphatic carbocycles. The normalized spacial score (nSPS) is 20.2. The van der Waals surface area contributed by atoms with Crippen molar-refractivity contribution in [2.75, 3.05) is 0 Å². The van der Waals surface area contributed by atoms with Crippen molar-refractivity contribution in [3.8, 4) is 0 Å². The van der Waals surface area contributed by atoms with E-state index in [1.165, 1.54) is 0 Å². The second-order valence-electron chi connectivity index (χ2n) is 3.06. The SMILES string of the molecule is O=C1C=CC=C2C=CC=CC=C2C1. The van der Waals surface area contributed by atoms with Gasteiger partial charge in [0.1, 0.15) is 0 Å². The van der Waals surface area contributed by atoms with E-state index in [1.807, 2.05) is 42.5 Å². The number of rotatable bonds is 0. The van der Waals surface area contributed by atoms with Crippen molar-refractivity contribution in [3.63, 3.8) is 0 Å². The molecule has 0 aromatic rings. The van der Waals surface area contributed by atoms with Crippen LogP contribution in [0.15, 0.2) is 59.8 Å². The molecule has 0 bridgehead atoms. The van der Waals surface area contributed by atoms with Crippen LogP contribution >= 0.6 is 0 Å². The lowest BCUT2D eigenvalue weighted by atomic mass is 10.0. The first-order chi connectivity index (χ1) is 6.36. The van der Waals surface area contributed by atoms with Crippen LogP contribution in [0.2, 0.25) is 0 Å². The number of ketones is 1. The molecule has 0 aromatic carbocycles. The lowest BCUT2D eigenvalue weighted by Crippen LogP contribution is -1.94. The first-order valence-electron chi connectivity index (χ1n) is 4.32. The van der Waals surface area contributed by atoms with Crippen LogP contribution in [0.3, 0.4) is 0 Å². The van der Waals surface area contributed by atoms with E-state index in [9.17, 15) is 4.79 Å². The van der Waals surface area contributed by atoms with Gasteiger partial charge < -0.3 is 0 Å². The average molecular weight is 170 g/mol. The van der Waals surface area contributed by atoms with Crippen LogP contribution in [-0.2, 0) is 4.79 Å². The largest absolute Gasteiger partial charge is 0.294 e. The average Bonchev–Trinajstić information content (AvgIpc) is 2.38. The van der Waals surface area contributed by atoms with Crippen molar-refractivity contribution in [2.24, 2.45) is 0 Å². The summed E-state index contributed by atoms with van der Waals surface area (Å²) in [6.07, 6.45) is 15.9. The number of fused-ring (bicyclic) bond motifs is 1. The molecular weight excluding hydrogens is 160 g/mol. The standard InChI is InChI=1S/C12H10O/c13-12-8-4-7-10-5-2-1-3-6-11(10)9-12/h1-8H,9H2. The summed E-state index contributed by atoms with van der Waals surface area (Å²) in [4.78, 5) is 11.2. The first-order valence-corrected chi connectivity index (χ1v) is 4.32. The van der Waals surface area contributed by atoms with Crippen molar-refractivity contribution < 1.29 is 4.79 Å². The molecule has 1 nitrogen and oxygen atoms in total. The number of hydrogen-bond acceptors (Lipinski definition) is 1. The topological polar surface area (TPSA) is 17.1 Å². The van der Waals surface area contributed by atoms with Gasteiger partial charge in [0, 0.05) is 6.42 Å². The molecule has 0 saturated carbocycles. The molecule has 0 unspecified atom stereocenters. The molecule has 0 atom stereocenters. The summed E-state index contributed by atoms with van der Waals surface area (Å²) in [7, 11) is 0. The molecule has 13 heavy (non-hydrogen) atoms. The monoisotopic (exact) mass is 170 g/mol. The third kappa shape index (κ3) is 1.75.